The van der Waals surface area contributed by atoms with E-state index in [4.69, 9.17) is 9.97 Å². The lowest BCUT2D eigenvalue weighted by atomic mass is 10.1. The zero-order chi connectivity index (χ0) is 21.4. The van der Waals surface area contributed by atoms with Crippen LogP contribution in [0.1, 0.15) is 11.1 Å². The van der Waals surface area contributed by atoms with Gasteiger partial charge < -0.3 is 9.80 Å². The number of hydrogen-bond acceptors (Lipinski definition) is 4. The molecule has 0 N–H and O–H groups in total. The van der Waals surface area contributed by atoms with Crippen LogP contribution in [0.4, 0.5) is 11.6 Å². The maximum atomic E-state index is 5.04. The number of rotatable bonds is 3. The van der Waals surface area contributed by atoms with Crippen LogP contribution < -0.4 is 9.80 Å². The molecule has 4 aromatic rings. The quantitative estimate of drug-likeness (QED) is 0.365. The van der Waals surface area contributed by atoms with Crippen molar-refractivity contribution in [1.29, 1.82) is 0 Å². The molecule has 0 spiro atoms. The van der Waals surface area contributed by atoms with Crippen molar-refractivity contribution in [3.05, 3.63) is 82.3 Å². The average Bonchev–Trinajstić information content (AvgIpc) is 2.79. The van der Waals surface area contributed by atoms with E-state index in [1.165, 1.54) is 16.8 Å². The molecular weight excluding hydrogens is 448 g/mol. The number of piperazine rings is 1. The first kappa shape index (κ1) is 20.0. The molecule has 1 aliphatic heterocycles. The fourth-order valence-electron chi connectivity index (χ4n) is 4.35. The summed E-state index contributed by atoms with van der Waals surface area (Å²) in [7, 11) is 0. The molecule has 1 aliphatic rings. The molecule has 0 unspecified atom stereocenters. The Balaban J connectivity index is 1.46. The fourth-order valence-corrected chi connectivity index (χ4v) is 4.71. The summed E-state index contributed by atoms with van der Waals surface area (Å²) in [6, 6.07) is 23.3. The van der Waals surface area contributed by atoms with Gasteiger partial charge in [-0.3, -0.25) is 0 Å². The Labute approximate surface area is 191 Å². The van der Waals surface area contributed by atoms with Crippen LogP contribution in [0.5, 0.6) is 0 Å². The second kappa shape index (κ2) is 8.31. The number of benzene rings is 3. The van der Waals surface area contributed by atoms with E-state index in [1.54, 1.807) is 0 Å². The van der Waals surface area contributed by atoms with E-state index in [1.807, 2.05) is 12.1 Å². The number of hydrogen-bond donors (Lipinski definition) is 0. The van der Waals surface area contributed by atoms with Gasteiger partial charge in [-0.15, -0.1) is 0 Å². The molecule has 3 aromatic carbocycles. The topological polar surface area (TPSA) is 32.3 Å². The monoisotopic (exact) mass is 472 g/mol. The maximum Gasteiger partial charge on any atom is 0.226 e. The average molecular weight is 473 g/mol. The summed E-state index contributed by atoms with van der Waals surface area (Å²) in [5, 5.41) is 1.07. The van der Waals surface area contributed by atoms with E-state index in [9.17, 15) is 0 Å². The molecule has 0 amide bonds. The summed E-state index contributed by atoms with van der Waals surface area (Å²) in [6.45, 7) is 8.09. The van der Waals surface area contributed by atoms with E-state index >= 15 is 0 Å². The Bertz CT molecular complexity index is 1230. The van der Waals surface area contributed by atoms with Crippen molar-refractivity contribution in [3.8, 4) is 11.3 Å². The van der Waals surface area contributed by atoms with Crippen molar-refractivity contribution in [3.63, 3.8) is 0 Å². The minimum absolute atomic E-state index is 0.814. The smallest absolute Gasteiger partial charge is 0.226 e. The highest BCUT2D eigenvalue weighted by Gasteiger charge is 2.22. The number of fused-ring (bicyclic) bond motifs is 1. The molecular formula is C26H25BrN4. The Hall–Kier alpha value is -2.92. The second-order valence-electron chi connectivity index (χ2n) is 8.16. The van der Waals surface area contributed by atoms with Crippen molar-refractivity contribution >= 4 is 38.5 Å². The van der Waals surface area contributed by atoms with Gasteiger partial charge in [0.1, 0.15) is 0 Å². The van der Waals surface area contributed by atoms with Crippen LogP contribution in [0.15, 0.2) is 71.2 Å². The number of nitrogens with zero attached hydrogens (tertiary/aromatic N) is 4. The molecule has 0 bridgehead atoms. The van der Waals surface area contributed by atoms with Gasteiger partial charge >= 0.3 is 0 Å². The van der Waals surface area contributed by atoms with Crippen molar-refractivity contribution in [2.45, 2.75) is 13.8 Å². The SMILES string of the molecule is Cc1ccc(N2CCN(c3nc(-c4ccccc4)c4cc(Br)ccc4n3)CC2)c(C)c1. The van der Waals surface area contributed by atoms with E-state index < -0.39 is 0 Å². The molecule has 0 radical (unpaired) electrons. The third kappa shape index (κ3) is 4.02. The maximum absolute atomic E-state index is 5.04. The summed E-state index contributed by atoms with van der Waals surface area (Å²) in [5.41, 5.74) is 7.06. The van der Waals surface area contributed by atoms with Crippen LogP contribution in [0, 0.1) is 13.8 Å². The molecule has 1 fully saturated rings. The molecule has 4 nitrogen and oxygen atoms in total. The van der Waals surface area contributed by atoms with Crippen molar-refractivity contribution in [1.82, 2.24) is 9.97 Å². The highest BCUT2D eigenvalue weighted by atomic mass is 79.9. The van der Waals surface area contributed by atoms with Crippen molar-refractivity contribution in [2.24, 2.45) is 0 Å². The van der Waals surface area contributed by atoms with Gasteiger partial charge in [-0.25, -0.2) is 9.97 Å². The summed E-state index contributed by atoms with van der Waals surface area (Å²) < 4.78 is 1.04. The summed E-state index contributed by atoms with van der Waals surface area (Å²) in [5.74, 6) is 0.814. The lowest BCUT2D eigenvalue weighted by molar-refractivity contribution is 0.640. The van der Waals surface area contributed by atoms with Crippen molar-refractivity contribution < 1.29 is 0 Å². The molecule has 0 atom stereocenters. The van der Waals surface area contributed by atoms with E-state index in [0.29, 0.717) is 0 Å². The van der Waals surface area contributed by atoms with Gasteiger partial charge in [-0.1, -0.05) is 64.0 Å². The number of aryl methyl sites for hydroxylation is 2. The number of halogens is 1. The predicted octanol–water partition coefficient (Wildman–Crippen LogP) is 6.00. The standard InChI is InChI=1S/C26H25BrN4/c1-18-8-11-24(19(2)16-18)30-12-14-31(15-13-30)26-28-23-10-9-21(27)17-22(23)25(29-26)20-6-4-3-5-7-20/h3-11,16-17H,12-15H2,1-2H3. The lowest BCUT2D eigenvalue weighted by Gasteiger charge is -2.37. The van der Waals surface area contributed by atoms with Gasteiger partial charge in [0.2, 0.25) is 5.95 Å². The number of aromatic nitrogens is 2. The Kier molecular flexibility index (Phi) is 5.36. The first-order valence-electron chi connectivity index (χ1n) is 10.7. The third-order valence-corrected chi connectivity index (χ3v) is 6.44. The minimum Gasteiger partial charge on any atom is -0.368 e. The molecule has 1 saturated heterocycles. The Morgan fingerprint density at radius 2 is 1.52 bits per heavy atom. The van der Waals surface area contributed by atoms with Gasteiger partial charge in [0.15, 0.2) is 0 Å². The third-order valence-electron chi connectivity index (χ3n) is 5.95. The first-order valence-corrected chi connectivity index (χ1v) is 11.5. The van der Waals surface area contributed by atoms with Crippen LogP contribution in [0.2, 0.25) is 0 Å². The normalized spacial score (nSPS) is 14.3. The minimum atomic E-state index is 0.814. The molecule has 0 aliphatic carbocycles. The Morgan fingerprint density at radius 1 is 0.774 bits per heavy atom. The Morgan fingerprint density at radius 3 is 2.26 bits per heavy atom. The second-order valence-corrected chi connectivity index (χ2v) is 9.08. The molecule has 1 aromatic heterocycles. The van der Waals surface area contributed by atoms with Gasteiger partial charge in [-0.2, -0.15) is 0 Å². The van der Waals surface area contributed by atoms with Gasteiger partial charge in [0, 0.05) is 47.3 Å². The predicted molar refractivity (Wildman–Crippen MR) is 133 cm³/mol. The molecule has 0 saturated carbocycles. The molecule has 31 heavy (non-hydrogen) atoms. The first-order chi connectivity index (χ1) is 15.1. The summed E-state index contributed by atoms with van der Waals surface area (Å²) >= 11 is 3.60. The van der Waals surface area contributed by atoms with Crippen LogP contribution in [-0.4, -0.2) is 36.1 Å². The van der Waals surface area contributed by atoms with Crippen LogP contribution in [0.25, 0.3) is 22.2 Å². The largest absolute Gasteiger partial charge is 0.368 e. The fraction of sp³-hybridized carbons (Fsp3) is 0.231. The van der Waals surface area contributed by atoms with Crippen LogP contribution in [0.3, 0.4) is 0 Å². The van der Waals surface area contributed by atoms with E-state index in [0.717, 1.165) is 58.8 Å². The summed E-state index contributed by atoms with van der Waals surface area (Å²) in [6.07, 6.45) is 0. The lowest BCUT2D eigenvalue weighted by Crippen LogP contribution is -2.47. The van der Waals surface area contributed by atoms with Gasteiger partial charge in [0.05, 0.1) is 11.2 Å². The van der Waals surface area contributed by atoms with Gasteiger partial charge in [-0.05, 0) is 43.7 Å². The molecule has 2 heterocycles. The zero-order valence-corrected chi connectivity index (χ0v) is 19.4. The summed E-state index contributed by atoms with van der Waals surface area (Å²) in [4.78, 5) is 14.8. The zero-order valence-electron chi connectivity index (χ0n) is 17.8. The molecule has 5 heteroatoms. The molecule has 5 rings (SSSR count). The number of anilines is 2. The molecule has 156 valence electrons. The highest BCUT2D eigenvalue weighted by Crippen LogP contribution is 2.31. The van der Waals surface area contributed by atoms with E-state index in [2.05, 4.69) is 94.2 Å². The highest BCUT2D eigenvalue weighted by molar-refractivity contribution is 9.10. The van der Waals surface area contributed by atoms with Crippen LogP contribution in [-0.2, 0) is 0 Å². The van der Waals surface area contributed by atoms with Crippen molar-refractivity contribution in [2.75, 3.05) is 36.0 Å². The van der Waals surface area contributed by atoms with Crippen LogP contribution >= 0.6 is 15.9 Å². The van der Waals surface area contributed by atoms with E-state index in [-0.39, 0.29) is 0 Å². The van der Waals surface area contributed by atoms with Gasteiger partial charge in [0.25, 0.3) is 0 Å².